The molecule has 2 aromatic rings. The predicted octanol–water partition coefficient (Wildman–Crippen LogP) is 3.40. The number of ketones is 1. The zero-order valence-corrected chi connectivity index (χ0v) is 13.0. The van der Waals surface area contributed by atoms with Crippen molar-refractivity contribution >= 4 is 29.0 Å². The normalized spacial score (nSPS) is 23.1. The van der Waals surface area contributed by atoms with E-state index in [-0.39, 0.29) is 11.8 Å². The van der Waals surface area contributed by atoms with Crippen molar-refractivity contribution in [1.82, 2.24) is 0 Å². The van der Waals surface area contributed by atoms with Crippen molar-refractivity contribution in [2.24, 2.45) is 5.92 Å². The highest BCUT2D eigenvalue weighted by atomic mass is 35.5. The molecule has 0 radical (unpaired) electrons. The van der Waals surface area contributed by atoms with E-state index in [9.17, 15) is 9.59 Å². The van der Waals surface area contributed by atoms with Crippen LogP contribution >= 0.6 is 11.6 Å². The number of fused-ring (bicyclic) bond motifs is 3. The number of hydrogen-bond donors (Lipinski definition) is 0. The van der Waals surface area contributed by atoms with Crippen LogP contribution in [0.1, 0.15) is 18.0 Å². The zero-order chi connectivity index (χ0) is 16.0. The maximum Gasteiger partial charge on any atom is 0.324 e. The van der Waals surface area contributed by atoms with Gasteiger partial charge in [-0.25, -0.2) is 0 Å². The number of hydrogen-bond acceptors (Lipinski definition) is 4. The van der Waals surface area contributed by atoms with Crippen LogP contribution in [0.15, 0.2) is 48.5 Å². The summed E-state index contributed by atoms with van der Waals surface area (Å²) in [5, 5.41) is 0.654. The van der Waals surface area contributed by atoms with Crippen molar-refractivity contribution in [3.05, 3.63) is 59.1 Å². The van der Waals surface area contributed by atoms with Crippen molar-refractivity contribution < 1.29 is 14.3 Å². The molecule has 4 rings (SSSR count). The summed E-state index contributed by atoms with van der Waals surface area (Å²) in [5.74, 6) is -0.751. The minimum atomic E-state index is -0.769. The first kappa shape index (κ1) is 14.3. The van der Waals surface area contributed by atoms with Crippen LogP contribution in [0.4, 0.5) is 5.69 Å². The van der Waals surface area contributed by atoms with E-state index in [2.05, 4.69) is 4.90 Å². The number of halogens is 1. The lowest BCUT2D eigenvalue weighted by molar-refractivity contribution is -0.147. The average molecular weight is 328 g/mol. The Morgan fingerprint density at radius 3 is 2.57 bits per heavy atom. The first-order valence-electron chi connectivity index (χ1n) is 7.51. The Morgan fingerprint density at radius 2 is 1.78 bits per heavy atom. The number of benzene rings is 2. The van der Waals surface area contributed by atoms with Crippen LogP contribution in [-0.4, -0.2) is 18.3 Å². The van der Waals surface area contributed by atoms with Gasteiger partial charge in [-0.05, 0) is 30.3 Å². The van der Waals surface area contributed by atoms with Gasteiger partial charge in [-0.3, -0.25) is 9.59 Å². The molecule has 2 aromatic carbocycles. The van der Waals surface area contributed by atoms with Gasteiger partial charge < -0.3 is 9.64 Å². The fraction of sp³-hybridized carbons (Fsp3) is 0.222. The molecule has 2 aliphatic heterocycles. The first-order valence-corrected chi connectivity index (χ1v) is 7.88. The molecule has 0 saturated carbocycles. The van der Waals surface area contributed by atoms with Gasteiger partial charge in [0.2, 0.25) is 0 Å². The molecule has 0 N–H and O–H groups in total. The highest BCUT2D eigenvalue weighted by Gasteiger charge is 2.47. The van der Waals surface area contributed by atoms with Crippen LogP contribution in [0.2, 0.25) is 5.02 Å². The van der Waals surface area contributed by atoms with E-state index < -0.39 is 11.9 Å². The van der Waals surface area contributed by atoms with Gasteiger partial charge in [0, 0.05) is 29.2 Å². The lowest BCUT2D eigenvalue weighted by Gasteiger charge is -2.43. The lowest BCUT2D eigenvalue weighted by Crippen LogP contribution is -2.50. The summed E-state index contributed by atoms with van der Waals surface area (Å²) in [4.78, 5) is 26.8. The van der Waals surface area contributed by atoms with E-state index in [1.807, 2.05) is 42.5 Å². The number of anilines is 1. The van der Waals surface area contributed by atoms with Gasteiger partial charge in [0.05, 0.1) is 6.04 Å². The number of carbonyl (C=O) groups is 2. The molecule has 0 amide bonds. The second-order valence-electron chi connectivity index (χ2n) is 5.77. The van der Waals surface area contributed by atoms with Crippen LogP contribution in [0.5, 0.6) is 5.75 Å². The number of piperidine rings is 1. The van der Waals surface area contributed by atoms with Crippen molar-refractivity contribution in [3.8, 4) is 5.75 Å². The summed E-state index contributed by atoms with van der Waals surface area (Å²) in [6.07, 6.45) is 0.334. The molecular formula is C18H14ClNO3. The zero-order valence-electron chi connectivity index (χ0n) is 12.2. The van der Waals surface area contributed by atoms with Crippen molar-refractivity contribution in [2.45, 2.75) is 12.5 Å². The van der Waals surface area contributed by atoms with Crippen molar-refractivity contribution in [2.75, 3.05) is 11.4 Å². The van der Waals surface area contributed by atoms with Crippen LogP contribution in [-0.2, 0) is 9.59 Å². The standard InChI is InChI=1S/C18H14ClNO3/c19-11-5-7-12(8-6-11)20-10-9-14(21)16-17(20)13-3-1-2-4-15(13)23-18(16)22/h1-8,16-17H,9-10H2/t16-,17+/m1/s1. The van der Waals surface area contributed by atoms with Gasteiger partial charge in [0.25, 0.3) is 0 Å². The molecule has 0 aliphatic carbocycles. The smallest absolute Gasteiger partial charge is 0.324 e. The molecule has 0 unspecified atom stereocenters. The predicted molar refractivity (Wildman–Crippen MR) is 86.7 cm³/mol. The second kappa shape index (κ2) is 5.39. The van der Waals surface area contributed by atoms with E-state index in [0.29, 0.717) is 23.7 Å². The molecule has 116 valence electrons. The molecule has 1 saturated heterocycles. The fourth-order valence-corrected chi connectivity index (χ4v) is 3.53. The summed E-state index contributed by atoms with van der Waals surface area (Å²) in [7, 11) is 0. The van der Waals surface area contributed by atoms with E-state index in [1.165, 1.54) is 0 Å². The molecule has 1 fully saturated rings. The van der Waals surface area contributed by atoms with Gasteiger partial charge in [0.1, 0.15) is 11.7 Å². The van der Waals surface area contributed by atoms with Crippen LogP contribution in [0, 0.1) is 5.92 Å². The third kappa shape index (κ3) is 2.30. The number of carbonyl (C=O) groups excluding carboxylic acids is 2. The Hall–Kier alpha value is -2.33. The highest BCUT2D eigenvalue weighted by molar-refractivity contribution is 6.30. The summed E-state index contributed by atoms with van der Waals surface area (Å²) in [6, 6.07) is 14.5. The van der Waals surface area contributed by atoms with E-state index in [4.69, 9.17) is 16.3 Å². The SMILES string of the molecule is O=C1CCN(c2ccc(Cl)cc2)[C@H]2c3ccccc3OC(=O)[C@H]12. The Morgan fingerprint density at radius 1 is 1.04 bits per heavy atom. The molecule has 4 nitrogen and oxygen atoms in total. The summed E-state index contributed by atoms with van der Waals surface area (Å²) >= 11 is 5.97. The van der Waals surface area contributed by atoms with Crippen molar-refractivity contribution in [3.63, 3.8) is 0 Å². The number of esters is 1. The van der Waals surface area contributed by atoms with Gasteiger partial charge in [0.15, 0.2) is 5.78 Å². The Labute approximate surface area is 138 Å². The number of ether oxygens (including phenoxy) is 1. The molecule has 2 aliphatic rings. The average Bonchev–Trinajstić information content (AvgIpc) is 2.56. The maximum atomic E-state index is 12.3. The number of Topliss-reactive ketones (excluding diaryl/α,β-unsaturated/α-hetero) is 1. The van der Waals surface area contributed by atoms with E-state index >= 15 is 0 Å². The maximum absolute atomic E-state index is 12.3. The van der Waals surface area contributed by atoms with Gasteiger partial charge >= 0.3 is 5.97 Å². The topological polar surface area (TPSA) is 46.6 Å². The van der Waals surface area contributed by atoms with Crippen LogP contribution in [0.3, 0.4) is 0 Å². The van der Waals surface area contributed by atoms with Crippen molar-refractivity contribution in [1.29, 1.82) is 0 Å². The van der Waals surface area contributed by atoms with Crippen LogP contribution in [0.25, 0.3) is 0 Å². The van der Waals surface area contributed by atoms with Crippen LogP contribution < -0.4 is 9.64 Å². The summed E-state index contributed by atoms with van der Waals surface area (Å²) in [5.41, 5.74) is 1.82. The Kier molecular flexibility index (Phi) is 3.34. The van der Waals surface area contributed by atoms with Gasteiger partial charge in [-0.1, -0.05) is 29.8 Å². The molecule has 2 heterocycles. The third-order valence-corrected chi connectivity index (χ3v) is 4.71. The van der Waals surface area contributed by atoms with E-state index in [0.717, 1.165) is 11.3 Å². The fourth-order valence-electron chi connectivity index (χ4n) is 3.40. The molecule has 0 bridgehead atoms. The Bertz CT molecular complexity index is 787. The quantitative estimate of drug-likeness (QED) is 0.457. The molecule has 5 heteroatoms. The molecule has 23 heavy (non-hydrogen) atoms. The van der Waals surface area contributed by atoms with E-state index in [1.54, 1.807) is 6.07 Å². The minimum absolute atomic E-state index is 0.0558. The molecule has 2 atom stereocenters. The minimum Gasteiger partial charge on any atom is -0.426 e. The largest absolute Gasteiger partial charge is 0.426 e. The summed E-state index contributed by atoms with van der Waals surface area (Å²) in [6.45, 7) is 0.573. The third-order valence-electron chi connectivity index (χ3n) is 4.46. The molecule has 0 spiro atoms. The van der Waals surface area contributed by atoms with Gasteiger partial charge in [-0.15, -0.1) is 0 Å². The number of nitrogens with zero attached hydrogens (tertiary/aromatic N) is 1. The Balaban J connectivity index is 1.84. The highest BCUT2D eigenvalue weighted by Crippen LogP contribution is 2.44. The first-order chi connectivity index (χ1) is 11.1. The molecule has 0 aromatic heterocycles. The lowest BCUT2D eigenvalue weighted by atomic mass is 9.81. The summed E-state index contributed by atoms with van der Waals surface area (Å²) < 4.78 is 5.37. The monoisotopic (exact) mass is 327 g/mol. The van der Waals surface area contributed by atoms with Gasteiger partial charge in [-0.2, -0.15) is 0 Å². The number of para-hydroxylation sites is 1. The second-order valence-corrected chi connectivity index (χ2v) is 6.20. The number of rotatable bonds is 1. The molecular weight excluding hydrogens is 314 g/mol.